The van der Waals surface area contributed by atoms with Crippen LogP contribution in [0.15, 0.2) is 30.5 Å². The van der Waals surface area contributed by atoms with Crippen LogP contribution in [0.5, 0.6) is 5.75 Å². The van der Waals surface area contributed by atoms with E-state index >= 15 is 0 Å². The van der Waals surface area contributed by atoms with Crippen molar-refractivity contribution in [1.29, 1.82) is 5.26 Å². The van der Waals surface area contributed by atoms with Crippen molar-refractivity contribution in [3.63, 3.8) is 0 Å². The van der Waals surface area contributed by atoms with E-state index in [0.29, 0.717) is 18.8 Å². The summed E-state index contributed by atoms with van der Waals surface area (Å²) in [7, 11) is 1.63. The van der Waals surface area contributed by atoms with E-state index in [-0.39, 0.29) is 11.9 Å². The zero-order chi connectivity index (χ0) is 19.2. The highest BCUT2D eigenvalue weighted by molar-refractivity contribution is 5.88. The highest BCUT2D eigenvalue weighted by atomic mass is 16.5. The summed E-state index contributed by atoms with van der Waals surface area (Å²) >= 11 is 0. The van der Waals surface area contributed by atoms with Crippen LogP contribution in [0.3, 0.4) is 0 Å². The third kappa shape index (κ3) is 4.22. The zero-order valence-electron chi connectivity index (χ0n) is 15.7. The van der Waals surface area contributed by atoms with Gasteiger partial charge < -0.3 is 18.9 Å². The van der Waals surface area contributed by atoms with E-state index in [1.807, 2.05) is 28.8 Å². The number of piperidine rings is 1. The fraction of sp³-hybridized carbons (Fsp3) is 0.450. The maximum atomic E-state index is 12.4. The number of anilines is 1. The van der Waals surface area contributed by atoms with E-state index in [9.17, 15) is 4.79 Å². The Kier molecular flexibility index (Phi) is 5.97. The van der Waals surface area contributed by atoms with Gasteiger partial charge in [0.05, 0.1) is 32.5 Å². The molecule has 3 rings (SSSR count). The molecule has 0 saturated carbocycles. The molecule has 1 saturated heterocycles. The topological polar surface area (TPSA) is 80.4 Å². The lowest BCUT2D eigenvalue weighted by molar-refractivity contribution is 0.0514. The number of aromatic nitrogens is 2. The molecule has 0 atom stereocenters. The lowest BCUT2D eigenvalue weighted by atomic mass is 9.99. The first-order valence-corrected chi connectivity index (χ1v) is 9.16. The lowest BCUT2D eigenvalue weighted by Crippen LogP contribution is -2.35. The smallest absolute Gasteiger partial charge is 0.356 e. The van der Waals surface area contributed by atoms with Crippen molar-refractivity contribution < 1.29 is 14.3 Å². The second-order valence-corrected chi connectivity index (χ2v) is 6.49. The number of methoxy groups -OCH3 is 1. The van der Waals surface area contributed by atoms with Gasteiger partial charge in [-0.3, -0.25) is 0 Å². The van der Waals surface area contributed by atoms with Crippen molar-refractivity contribution in [1.82, 2.24) is 9.55 Å². The Labute approximate surface area is 159 Å². The van der Waals surface area contributed by atoms with Gasteiger partial charge in [-0.2, -0.15) is 5.26 Å². The van der Waals surface area contributed by atoms with E-state index in [4.69, 9.17) is 14.7 Å². The Morgan fingerprint density at radius 1 is 1.30 bits per heavy atom. The average Bonchev–Trinajstić information content (AvgIpc) is 3.12. The normalized spacial score (nSPS) is 14.6. The van der Waals surface area contributed by atoms with E-state index in [2.05, 4.69) is 16.0 Å². The second kappa shape index (κ2) is 8.58. The Hall–Kier alpha value is -3.01. The molecule has 0 unspecified atom stereocenters. The molecule has 0 N–H and O–H groups in total. The van der Waals surface area contributed by atoms with Gasteiger partial charge in [0.1, 0.15) is 11.4 Å². The minimum Gasteiger partial charge on any atom is -0.497 e. The van der Waals surface area contributed by atoms with Gasteiger partial charge in [0.25, 0.3) is 0 Å². The number of imidazole rings is 1. The van der Waals surface area contributed by atoms with Gasteiger partial charge in [-0.05, 0) is 37.5 Å². The number of nitrogens with zero attached hydrogens (tertiary/aromatic N) is 4. The van der Waals surface area contributed by atoms with Crippen LogP contribution in [-0.2, 0) is 11.3 Å². The van der Waals surface area contributed by atoms with Crippen LogP contribution in [0.4, 0.5) is 5.95 Å². The summed E-state index contributed by atoms with van der Waals surface area (Å²) in [4.78, 5) is 19.0. The first kappa shape index (κ1) is 18.8. The minimum atomic E-state index is -0.378. The molecule has 142 valence electrons. The van der Waals surface area contributed by atoms with Gasteiger partial charge in [0.15, 0.2) is 0 Å². The Bertz CT molecular complexity index is 815. The number of benzene rings is 1. The van der Waals surface area contributed by atoms with Crippen LogP contribution in [0.2, 0.25) is 0 Å². The minimum absolute atomic E-state index is 0.0933. The van der Waals surface area contributed by atoms with Crippen LogP contribution in [-0.4, -0.2) is 42.3 Å². The predicted octanol–water partition coefficient (Wildman–Crippen LogP) is 2.86. The highest BCUT2D eigenvalue weighted by Gasteiger charge is 2.25. The largest absolute Gasteiger partial charge is 0.497 e. The summed E-state index contributed by atoms with van der Waals surface area (Å²) < 4.78 is 12.3. The standard InChI is InChI=1S/C20H24N4O3/c1-3-27-19(25)18-13-22-20(23-10-8-15(12-21)9-11-23)24(18)14-16-4-6-17(26-2)7-5-16/h4-7,13,15H,3,8-11,14H2,1-2H3. The highest BCUT2D eigenvalue weighted by Crippen LogP contribution is 2.25. The van der Waals surface area contributed by atoms with Crippen molar-refractivity contribution in [3.05, 3.63) is 41.7 Å². The van der Waals surface area contributed by atoms with Crippen molar-refractivity contribution in [2.75, 3.05) is 31.7 Å². The Morgan fingerprint density at radius 2 is 2.00 bits per heavy atom. The molecule has 1 aromatic carbocycles. The van der Waals surface area contributed by atoms with Crippen LogP contribution in [0.25, 0.3) is 0 Å². The maximum absolute atomic E-state index is 12.4. The molecule has 2 heterocycles. The van der Waals surface area contributed by atoms with Crippen LogP contribution >= 0.6 is 0 Å². The van der Waals surface area contributed by atoms with Gasteiger partial charge in [-0.1, -0.05) is 12.1 Å². The van der Waals surface area contributed by atoms with Crippen molar-refractivity contribution in [3.8, 4) is 11.8 Å². The third-order valence-corrected chi connectivity index (χ3v) is 4.78. The van der Waals surface area contributed by atoms with Crippen molar-refractivity contribution >= 4 is 11.9 Å². The number of carbonyl (C=O) groups excluding carboxylic acids is 1. The van der Waals surface area contributed by atoms with Crippen molar-refractivity contribution in [2.45, 2.75) is 26.3 Å². The molecule has 7 heteroatoms. The van der Waals surface area contributed by atoms with Crippen LogP contribution in [0.1, 0.15) is 35.8 Å². The fourth-order valence-corrected chi connectivity index (χ4v) is 3.26. The number of rotatable bonds is 6. The molecule has 0 spiro atoms. The van der Waals surface area contributed by atoms with Gasteiger partial charge in [-0.15, -0.1) is 0 Å². The van der Waals surface area contributed by atoms with Crippen molar-refractivity contribution in [2.24, 2.45) is 5.92 Å². The van der Waals surface area contributed by atoms with Crippen LogP contribution < -0.4 is 9.64 Å². The second-order valence-electron chi connectivity index (χ2n) is 6.49. The zero-order valence-corrected chi connectivity index (χ0v) is 15.7. The number of nitriles is 1. The predicted molar refractivity (Wildman–Crippen MR) is 101 cm³/mol. The lowest BCUT2D eigenvalue weighted by Gasteiger charge is -2.30. The molecule has 2 aromatic rings. The van der Waals surface area contributed by atoms with Crippen LogP contribution in [0, 0.1) is 17.2 Å². The van der Waals surface area contributed by atoms with E-state index in [1.54, 1.807) is 20.2 Å². The number of hydrogen-bond acceptors (Lipinski definition) is 6. The summed E-state index contributed by atoms with van der Waals surface area (Å²) in [6, 6.07) is 10.1. The summed E-state index contributed by atoms with van der Waals surface area (Å²) in [5.41, 5.74) is 1.47. The third-order valence-electron chi connectivity index (χ3n) is 4.78. The first-order valence-electron chi connectivity index (χ1n) is 9.16. The first-order chi connectivity index (χ1) is 13.2. The number of ether oxygens (including phenoxy) is 2. The Morgan fingerprint density at radius 3 is 2.59 bits per heavy atom. The molecule has 0 radical (unpaired) electrons. The maximum Gasteiger partial charge on any atom is 0.356 e. The summed E-state index contributed by atoms with van der Waals surface area (Å²) in [5, 5.41) is 9.12. The number of hydrogen-bond donors (Lipinski definition) is 0. The quantitative estimate of drug-likeness (QED) is 0.730. The average molecular weight is 368 g/mol. The summed E-state index contributed by atoms with van der Waals surface area (Å²) in [6.45, 7) is 4.11. The van der Waals surface area contributed by atoms with E-state index in [0.717, 1.165) is 43.2 Å². The molecule has 7 nitrogen and oxygen atoms in total. The molecule has 0 amide bonds. The fourth-order valence-electron chi connectivity index (χ4n) is 3.26. The molecule has 1 aliphatic heterocycles. The molecule has 1 aliphatic rings. The number of carbonyl (C=O) groups is 1. The van der Waals surface area contributed by atoms with Gasteiger partial charge in [0, 0.05) is 19.0 Å². The Balaban J connectivity index is 1.89. The molecular formula is C20H24N4O3. The van der Waals surface area contributed by atoms with E-state index in [1.165, 1.54) is 0 Å². The molecule has 0 bridgehead atoms. The molecule has 0 aliphatic carbocycles. The molecule has 1 fully saturated rings. The SMILES string of the molecule is CCOC(=O)c1cnc(N2CCC(C#N)CC2)n1Cc1ccc(OC)cc1. The number of esters is 1. The summed E-state index contributed by atoms with van der Waals surface area (Å²) in [5.74, 6) is 1.24. The summed E-state index contributed by atoms with van der Waals surface area (Å²) in [6.07, 6.45) is 3.19. The molecular weight excluding hydrogens is 344 g/mol. The van der Waals surface area contributed by atoms with E-state index < -0.39 is 0 Å². The monoisotopic (exact) mass is 368 g/mol. The van der Waals surface area contributed by atoms with Gasteiger partial charge in [-0.25, -0.2) is 9.78 Å². The molecule has 1 aromatic heterocycles. The van der Waals surface area contributed by atoms with Gasteiger partial charge >= 0.3 is 5.97 Å². The van der Waals surface area contributed by atoms with Gasteiger partial charge in [0.2, 0.25) is 5.95 Å². The molecule has 27 heavy (non-hydrogen) atoms.